The van der Waals surface area contributed by atoms with E-state index in [4.69, 9.17) is 0 Å². The molecule has 1 fully saturated rings. The van der Waals surface area contributed by atoms with Gasteiger partial charge in [0.2, 0.25) is 5.95 Å². The topological polar surface area (TPSA) is 71.0 Å². The molecule has 6 nitrogen and oxygen atoms in total. The van der Waals surface area contributed by atoms with Gasteiger partial charge in [0.15, 0.2) is 0 Å². The van der Waals surface area contributed by atoms with Crippen LogP contribution in [0, 0.1) is 0 Å². The summed E-state index contributed by atoms with van der Waals surface area (Å²) in [6, 6.07) is 1.71. The highest BCUT2D eigenvalue weighted by Crippen LogP contribution is 2.17. The average Bonchev–Trinajstić information content (AvgIpc) is 3.02. The standard InChI is InChI=1S/C14H14BrN5O/c15-11-5-10(6-16-7-11)13(21)19-12-8-17-14(18-9-12)20-3-1-2-4-20/h5-9H,1-4H2,(H,19,21). The Morgan fingerprint density at radius 3 is 2.52 bits per heavy atom. The maximum Gasteiger partial charge on any atom is 0.257 e. The zero-order valence-corrected chi connectivity index (χ0v) is 12.9. The van der Waals surface area contributed by atoms with Crippen LogP contribution in [0.15, 0.2) is 35.3 Å². The predicted octanol–water partition coefficient (Wildman–Crippen LogP) is 2.49. The number of aromatic nitrogens is 3. The number of nitrogens with one attached hydrogen (secondary N) is 1. The van der Waals surface area contributed by atoms with Crippen LogP contribution in [0.25, 0.3) is 0 Å². The van der Waals surface area contributed by atoms with Crippen molar-refractivity contribution in [1.29, 1.82) is 0 Å². The minimum Gasteiger partial charge on any atom is -0.341 e. The Bertz CT molecular complexity index is 640. The average molecular weight is 348 g/mol. The summed E-state index contributed by atoms with van der Waals surface area (Å²) in [6.45, 7) is 1.99. The molecule has 1 saturated heterocycles. The van der Waals surface area contributed by atoms with Crippen molar-refractivity contribution in [3.63, 3.8) is 0 Å². The fraction of sp³-hybridized carbons (Fsp3) is 0.286. The molecule has 0 saturated carbocycles. The molecule has 0 atom stereocenters. The Morgan fingerprint density at radius 1 is 1.14 bits per heavy atom. The van der Waals surface area contributed by atoms with Crippen LogP contribution in [0.3, 0.4) is 0 Å². The van der Waals surface area contributed by atoms with E-state index in [-0.39, 0.29) is 5.91 Å². The molecule has 3 heterocycles. The van der Waals surface area contributed by atoms with E-state index in [1.54, 1.807) is 24.7 Å². The van der Waals surface area contributed by atoms with Gasteiger partial charge in [0.05, 0.1) is 23.6 Å². The second kappa shape index (κ2) is 6.17. The quantitative estimate of drug-likeness (QED) is 0.923. The van der Waals surface area contributed by atoms with Crippen molar-refractivity contribution >= 4 is 33.5 Å². The van der Waals surface area contributed by atoms with Gasteiger partial charge in [-0.2, -0.15) is 0 Å². The maximum atomic E-state index is 12.1. The van der Waals surface area contributed by atoms with Crippen LogP contribution in [0.1, 0.15) is 23.2 Å². The van der Waals surface area contributed by atoms with Crippen molar-refractivity contribution < 1.29 is 4.79 Å². The number of carbonyl (C=O) groups is 1. The van der Waals surface area contributed by atoms with E-state index in [9.17, 15) is 4.79 Å². The summed E-state index contributed by atoms with van der Waals surface area (Å²) in [6.07, 6.45) is 8.76. The number of hydrogen-bond acceptors (Lipinski definition) is 5. The fourth-order valence-electron chi connectivity index (χ4n) is 2.21. The summed E-state index contributed by atoms with van der Waals surface area (Å²) in [5, 5.41) is 2.76. The van der Waals surface area contributed by atoms with Gasteiger partial charge in [-0.3, -0.25) is 9.78 Å². The Hall–Kier alpha value is -2.02. The first kappa shape index (κ1) is 13.9. The zero-order valence-electron chi connectivity index (χ0n) is 11.3. The van der Waals surface area contributed by atoms with E-state index in [1.807, 2.05) is 0 Å². The summed E-state index contributed by atoms with van der Waals surface area (Å²) >= 11 is 3.29. The SMILES string of the molecule is O=C(Nc1cnc(N2CCCC2)nc1)c1cncc(Br)c1. The predicted molar refractivity (Wildman–Crippen MR) is 83.4 cm³/mol. The second-order valence-electron chi connectivity index (χ2n) is 4.81. The van der Waals surface area contributed by atoms with Crippen LogP contribution in [-0.4, -0.2) is 33.9 Å². The normalized spacial score (nSPS) is 14.2. The minimum absolute atomic E-state index is 0.235. The molecule has 0 spiro atoms. The van der Waals surface area contributed by atoms with E-state index in [1.165, 1.54) is 19.0 Å². The fourth-order valence-corrected chi connectivity index (χ4v) is 2.57. The van der Waals surface area contributed by atoms with Gasteiger partial charge in [0.1, 0.15) is 0 Å². The smallest absolute Gasteiger partial charge is 0.257 e. The molecule has 0 aliphatic carbocycles. The van der Waals surface area contributed by atoms with Crippen LogP contribution < -0.4 is 10.2 Å². The molecule has 0 aromatic carbocycles. The van der Waals surface area contributed by atoms with Crippen LogP contribution in [0.4, 0.5) is 11.6 Å². The molecule has 0 bridgehead atoms. The summed E-state index contributed by atoms with van der Waals surface area (Å²) in [7, 11) is 0. The van der Waals surface area contributed by atoms with E-state index in [0.29, 0.717) is 11.3 Å². The lowest BCUT2D eigenvalue weighted by Crippen LogP contribution is -2.20. The van der Waals surface area contributed by atoms with Crippen LogP contribution in [0.2, 0.25) is 0 Å². The molecule has 2 aromatic rings. The van der Waals surface area contributed by atoms with Crippen molar-refractivity contribution in [3.05, 3.63) is 40.9 Å². The summed E-state index contributed by atoms with van der Waals surface area (Å²) in [5.41, 5.74) is 1.05. The molecule has 1 N–H and O–H groups in total. The summed E-state index contributed by atoms with van der Waals surface area (Å²) in [5.74, 6) is 0.482. The lowest BCUT2D eigenvalue weighted by atomic mass is 10.2. The first-order chi connectivity index (χ1) is 10.2. The largest absolute Gasteiger partial charge is 0.341 e. The Labute approximate surface area is 130 Å². The molecule has 2 aromatic heterocycles. The maximum absolute atomic E-state index is 12.1. The van der Waals surface area contributed by atoms with Gasteiger partial charge in [-0.1, -0.05) is 0 Å². The van der Waals surface area contributed by atoms with E-state index < -0.39 is 0 Å². The van der Waals surface area contributed by atoms with E-state index >= 15 is 0 Å². The molecule has 1 amide bonds. The molecule has 1 aliphatic heterocycles. The second-order valence-corrected chi connectivity index (χ2v) is 5.73. The van der Waals surface area contributed by atoms with Gasteiger partial charge in [0.25, 0.3) is 5.91 Å². The van der Waals surface area contributed by atoms with Gasteiger partial charge >= 0.3 is 0 Å². The third kappa shape index (κ3) is 3.36. The third-order valence-corrected chi connectivity index (χ3v) is 3.69. The van der Waals surface area contributed by atoms with Gasteiger partial charge < -0.3 is 10.2 Å². The first-order valence-electron chi connectivity index (χ1n) is 6.71. The monoisotopic (exact) mass is 347 g/mol. The molecular formula is C14H14BrN5O. The van der Waals surface area contributed by atoms with Crippen molar-refractivity contribution in [2.24, 2.45) is 0 Å². The number of halogens is 1. The van der Waals surface area contributed by atoms with Crippen LogP contribution in [0.5, 0.6) is 0 Å². The molecular weight excluding hydrogens is 334 g/mol. The highest BCUT2D eigenvalue weighted by atomic mass is 79.9. The van der Waals surface area contributed by atoms with Crippen molar-refractivity contribution in [3.8, 4) is 0 Å². The van der Waals surface area contributed by atoms with Gasteiger partial charge in [-0.05, 0) is 34.8 Å². The molecule has 1 aliphatic rings. The Balaban J connectivity index is 1.68. The number of rotatable bonds is 3. The Morgan fingerprint density at radius 2 is 1.86 bits per heavy atom. The lowest BCUT2D eigenvalue weighted by Gasteiger charge is -2.14. The van der Waals surface area contributed by atoms with Gasteiger partial charge in [0, 0.05) is 30.0 Å². The lowest BCUT2D eigenvalue weighted by molar-refractivity contribution is 0.102. The number of hydrogen-bond donors (Lipinski definition) is 1. The third-order valence-electron chi connectivity index (χ3n) is 3.25. The number of nitrogens with zero attached hydrogens (tertiary/aromatic N) is 4. The number of amides is 1. The van der Waals surface area contributed by atoms with Crippen molar-refractivity contribution in [1.82, 2.24) is 15.0 Å². The van der Waals surface area contributed by atoms with Crippen LogP contribution in [-0.2, 0) is 0 Å². The summed E-state index contributed by atoms with van der Waals surface area (Å²) in [4.78, 5) is 26.8. The highest BCUT2D eigenvalue weighted by Gasteiger charge is 2.15. The van der Waals surface area contributed by atoms with Crippen molar-refractivity contribution in [2.45, 2.75) is 12.8 Å². The molecule has 3 rings (SSSR count). The van der Waals surface area contributed by atoms with E-state index in [2.05, 4.69) is 41.1 Å². The number of carbonyl (C=O) groups excluding carboxylic acids is 1. The Kier molecular flexibility index (Phi) is 4.10. The zero-order chi connectivity index (χ0) is 14.7. The van der Waals surface area contributed by atoms with Gasteiger partial charge in [-0.25, -0.2) is 9.97 Å². The molecule has 0 unspecified atom stereocenters. The highest BCUT2D eigenvalue weighted by molar-refractivity contribution is 9.10. The van der Waals surface area contributed by atoms with Crippen molar-refractivity contribution in [2.75, 3.05) is 23.3 Å². The molecule has 0 radical (unpaired) electrons. The number of anilines is 2. The van der Waals surface area contributed by atoms with Gasteiger partial charge in [-0.15, -0.1) is 0 Å². The molecule has 108 valence electrons. The molecule has 7 heteroatoms. The van der Waals surface area contributed by atoms with E-state index in [0.717, 1.165) is 23.5 Å². The first-order valence-corrected chi connectivity index (χ1v) is 7.50. The summed E-state index contributed by atoms with van der Waals surface area (Å²) < 4.78 is 0.760. The minimum atomic E-state index is -0.235. The van der Waals surface area contributed by atoms with Crippen LogP contribution >= 0.6 is 15.9 Å². The molecule has 21 heavy (non-hydrogen) atoms. The number of pyridine rings is 1.